The average molecular weight is 241 g/mol. The number of nitro benzene ring substituents is 1. The first-order chi connectivity index (χ1) is 8.74. The van der Waals surface area contributed by atoms with Crippen LogP contribution in [0.1, 0.15) is 0 Å². The van der Waals surface area contributed by atoms with Crippen LogP contribution >= 0.6 is 0 Å². The number of benzene rings is 1. The van der Waals surface area contributed by atoms with Gasteiger partial charge >= 0.3 is 0 Å². The van der Waals surface area contributed by atoms with Crippen molar-refractivity contribution < 1.29 is 9.34 Å². The molecule has 3 aromatic rings. The van der Waals surface area contributed by atoms with Gasteiger partial charge < -0.3 is 4.42 Å². The van der Waals surface area contributed by atoms with Gasteiger partial charge in [0, 0.05) is 30.1 Å². The van der Waals surface area contributed by atoms with Crippen molar-refractivity contribution in [3.05, 3.63) is 52.8 Å². The van der Waals surface area contributed by atoms with Crippen LogP contribution in [0.15, 0.2) is 47.1 Å². The Kier molecular flexibility index (Phi) is 2.26. The Morgan fingerprint density at radius 3 is 2.67 bits per heavy atom. The summed E-state index contributed by atoms with van der Waals surface area (Å²) in [6.45, 7) is 0. The molecule has 0 aliphatic rings. The molecule has 0 spiro atoms. The van der Waals surface area contributed by atoms with Gasteiger partial charge in [0.2, 0.25) is 5.89 Å². The second kappa shape index (κ2) is 3.92. The molecule has 2 heterocycles. The largest absolute Gasteiger partial charge is 0.436 e. The summed E-state index contributed by atoms with van der Waals surface area (Å²) in [4.78, 5) is 18.3. The van der Waals surface area contributed by atoms with Crippen LogP contribution in [-0.4, -0.2) is 14.9 Å². The number of fused-ring (bicyclic) bond motifs is 1. The molecule has 0 aliphatic carbocycles. The minimum Gasteiger partial charge on any atom is -0.436 e. The van der Waals surface area contributed by atoms with Crippen LogP contribution in [0.4, 0.5) is 5.69 Å². The van der Waals surface area contributed by atoms with Gasteiger partial charge in [-0.15, -0.1) is 0 Å². The van der Waals surface area contributed by atoms with Crippen LogP contribution in [0.25, 0.3) is 22.6 Å². The van der Waals surface area contributed by atoms with Gasteiger partial charge in [-0.2, -0.15) is 0 Å². The molecule has 0 N–H and O–H groups in total. The maximum Gasteiger partial charge on any atom is 0.271 e. The summed E-state index contributed by atoms with van der Waals surface area (Å²) in [5.74, 6) is 0.424. The van der Waals surface area contributed by atoms with E-state index in [0.717, 1.165) is 5.56 Å². The van der Waals surface area contributed by atoms with Crippen molar-refractivity contribution >= 4 is 16.8 Å². The van der Waals surface area contributed by atoms with Crippen LogP contribution in [-0.2, 0) is 0 Å². The number of nitrogens with zero attached hydrogens (tertiary/aromatic N) is 3. The number of pyridine rings is 1. The highest BCUT2D eigenvalue weighted by atomic mass is 16.6. The molecule has 0 radical (unpaired) electrons. The van der Waals surface area contributed by atoms with Crippen molar-refractivity contribution in [2.45, 2.75) is 0 Å². The van der Waals surface area contributed by atoms with Crippen LogP contribution in [0.5, 0.6) is 0 Å². The van der Waals surface area contributed by atoms with E-state index in [2.05, 4.69) is 9.97 Å². The molecule has 0 unspecified atom stereocenters. The molecule has 3 rings (SSSR count). The van der Waals surface area contributed by atoms with Crippen LogP contribution in [0.2, 0.25) is 0 Å². The molecule has 0 bridgehead atoms. The van der Waals surface area contributed by atoms with Crippen LogP contribution < -0.4 is 0 Å². The normalized spacial score (nSPS) is 10.7. The third-order valence-electron chi connectivity index (χ3n) is 2.51. The molecule has 18 heavy (non-hydrogen) atoms. The molecule has 0 atom stereocenters. The molecule has 0 saturated heterocycles. The maximum atomic E-state index is 10.7. The van der Waals surface area contributed by atoms with Gasteiger partial charge in [0.1, 0.15) is 5.52 Å². The van der Waals surface area contributed by atoms with E-state index in [1.807, 2.05) is 0 Å². The Labute approximate surface area is 101 Å². The number of oxazole rings is 1. The number of aromatic nitrogens is 2. The Balaban J connectivity index is 2.14. The van der Waals surface area contributed by atoms with Gasteiger partial charge in [-0.1, -0.05) is 0 Å². The highest BCUT2D eigenvalue weighted by Crippen LogP contribution is 2.26. The summed E-state index contributed by atoms with van der Waals surface area (Å²) < 4.78 is 5.53. The lowest BCUT2D eigenvalue weighted by molar-refractivity contribution is -0.384. The first-order valence-corrected chi connectivity index (χ1v) is 5.19. The number of nitro groups is 1. The number of non-ortho nitro benzene ring substituents is 1. The zero-order valence-electron chi connectivity index (χ0n) is 9.11. The first-order valence-electron chi connectivity index (χ1n) is 5.19. The third kappa shape index (κ3) is 1.69. The van der Waals surface area contributed by atoms with Gasteiger partial charge in [0.25, 0.3) is 5.69 Å². The molecule has 0 fully saturated rings. The lowest BCUT2D eigenvalue weighted by atomic mass is 10.3. The van der Waals surface area contributed by atoms with Crippen molar-refractivity contribution in [1.29, 1.82) is 0 Å². The highest BCUT2D eigenvalue weighted by Gasteiger charge is 2.12. The van der Waals surface area contributed by atoms with Gasteiger partial charge in [0.05, 0.1) is 4.92 Å². The number of hydrogen-bond acceptors (Lipinski definition) is 5. The third-order valence-corrected chi connectivity index (χ3v) is 2.51. The smallest absolute Gasteiger partial charge is 0.271 e. The Morgan fingerprint density at radius 2 is 1.94 bits per heavy atom. The zero-order valence-corrected chi connectivity index (χ0v) is 9.11. The summed E-state index contributed by atoms with van der Waals surface area (Å²) in [5.41, 5.74) is 1.77. The van der Waals surface area contributed by atoms with E-state index in [4.69, 9.17) is 4.42 Å². The Hall–Kier alpha value is -2.76. The van der Waals surface area contributed by atoms with Gasteiger partial charge in [-0.25, -0.2) is 4.98 Å². The van der Waals surface area contributed by atoms with Crippen LogP contribution in [0, 0.1) is 10.1 Å². The fraction of sp³-hybridized carbons (Fsp3) is 0. The average Bonchev–Trinajstić information content (AvgIpc) is 2.82. The van der Waals surface area contributed by atoms with E-state index in [-0.39, 0.29) is 5.69 Å². The molecule has 0 amide bonds. The zero-order chi connectivity index (χ0) is 12.5. The van der Waals surface area contributed by atoms with Gasteiger partial charge in [0.15, 0.2) is 5.58 Å². The Morgan fingerprint density at radius 1 is 1.17 bits per heavy atom. The molecule has 0 saturated carbocycles. The summed E-state index contributed by atoms with van der Waals surface area (Å²) in [6, 6.07) is 7.86. The molecular formula is C12H7N3O3. The predicted molar refractivity (Wildman–Crippen MR) is 63.9 cm³/mol. The molecule has 6 nitrogen and oxygen atoms in total. The van der Waals surface area contributed by atoms with Gasteiger partial charge in [-0.3, -0.25) is 15.1 Å². The fourth-order valence-corrected chi connectivity index (χ4v) is 1.65. The van der Waals surface area contributed by atoms with E-state index >= 15 is 0 Å². The van der Waals surface area contributed by atoms with Crippen molar-refractivity contribution in [1.82, 2.24) is 9.97 Å². The summed E-state index contributed by atoms with van der Waals surface area (Å²) >= 11 is 0. The fourth-order valence-electron chi connectivity index (χ4n) is 1.65. The van der Waals surface area contributed by atoms with Crippen molar-refractivity contribution in [2.24, 2.45) is 0 Å². The molecule has 2 aromatic heterocycles. The SMILES string of the molecule is O=[N+]([O-])c1ccc2oc(-c3ccncc3)nc2c1. The topological polar surface area (TPSA) is 82.1 Å². The monoisotopic (exact) mass is 241 g/mol. The molecule has 88 valence electrons. The second-order valence-corrected chi connectivity index (χ2v) is 3.66. The summed E-state index contributed by atoms with van der Waals surface area (Å²) in [6.07, 6.45) is 3.26. The first kappa shape index (κ1) is 10.4. The van der Waals surface area contributed by atoms with E-state index in [1.54, 1.807) is 30.6 Å². The number of rotatable bonds is 2. The van der Waals surface area contributed by atoms with Crippen LogP contribution in [0.3, 0.4) is 0 Å². The van der Waals surface area contributed by atoms with Crippen molar-refractivity contribution in [3.8, 4) is 11.5 Å². The number of hydrogen-bond donors (Lipinski definition) is 0. The van der Waals surface area contributed by atoms with E-state index in [9.17, 15) is 10.1 Å². The van der Waals surface area contributed by atoms with Crippen molar-refractivity contribution in [2.75, 3.05) is 0 Å². The predicted octanol–water partition coefficient (Wildman–Crippen LogP) is 2.80. The summed E-state index contributed by atoms with van der Waals surface area (Å²) in [7, 11) is 0. The maximum absolute atomic E-state index is 10.7. The van der Waals surface area contributed by atoms with E-state index in [1.165, 1.54) is 12.1 Å². The second-order valence-electron chi connectivity index (χ2n) is 3.66. The lowest BCUT2D eigenvalue weighted by Gasteiger charge is -1.91. The quantitative estimate of drug-likeness (QED) is 0.509. The molecule has 0 aliphatic heterocycles. The highest BCUT2D eigenvalue weighted by molar-refractivity contribution is 5.78. The minimum atomic E-state index is -0.458. The Bertz CT molecular complexity index is 722. The van der Waals surface area contributed by atoms with Crippen molar-refractivity contribution in [3.63, 3.8) is 0 Å². The lowest BCUT2D eigenvalue weighted by Crippen LogP contribution is -1.86. The standard InChI is InChI=1S/C12H7N3O3/c16-15(17)9-1-2-11-10(7-9)14-12(18-11)8-3-5-13-6-4-8/h1-7H. The summed E-state index contributed by atoms with van der Waals surface area (Å²) in [5, 5.41) is 10.7. The molecule has 6 heteroatoms. The van der Waals surface area contributed by atoms with E-state index < -0.39 is 4.92 Å². The van der Waals surface area contributed by atoms with Gasteiger partial charge in [-0.05, 0) is 18.2 Å². The van der Waals surface area contributed by atoms with E-state index in [0.29, 0.717) is 17.0 Å². The molecular weight excluding hydrogens is 234 g/mol. The minimum absolute atomic E-state index is 0.00271. The molecule has 1 aromatic carbocycles.